The van der Waals surface area contributed by atoms with E-state index in [4.69, 9.17) is 15.2 Å². The average molecular weight is 274 g/mol. The predicted molar refractivity (Wildman–Crippen MR) is 58.6 cm³/mol. The van der Waals surface area contributed by atoms with Gasteiger partial charge in [0.05, 0.1) is 13.2 Å². The standard InChI is InChI=1S/C9H12BrN3O2/c10-7-3-8(11)13-9(12-7)15-5-6-1-2-14-4-6/h3,6H,1-2,4-5H2,(H2,11,12,13). The molecule has 6 heteroatoms. The van der Waals surface area contributed by atoms with Crippen LogP contribution in [0.2, 0.25) is 0 Å². The monoisotopic (exact) mass is 273 g/mol. The molecule has 1 aliphatic rings. The van der Waals surface area contributed by atoms with Crippen molar-refractivity contribution in [2.24, 2.45) is 5.92 Å². The highest BCUT2D eigenvalue weighted by atomic mass is 79.9. The zero-order chi connectivity index (χ0) is 10.7. The van der Waals surface area contributed by atoms with Gasteiger partial charge in [0.2, 0.25) is 0 Å². The Bertz CT molecular complexity index is 322. The zero-order valence-electron chi connectivity index (χ0n) is 8.15. The number of nitrogens with two attached hydrogens (primary N) is 1. The van der Waals surface area contributed by atoms with Gasteiger partial charge in [0.1, 0.15) is 10.4 Å². The molecule has 2 heterocycles. The Balaban J connectivity index is 1.92. The van der Waals surface area contributed by atoms with E-state index in [2.05, 4.69) is 25.9 Å². The van der Waals surface area contributed by atoms with E-state index in [0.717, 1.165) is 19.6 Å². The normalized spacial score (nSPS) is 20.5. The van der Waals surface area contributed by atoms with Crippen LogP contribution in [0.25, 0.3) is 0 Å². The van der Waals surface area contributed by atoms with Crippen molar-refractivity contribution in [1.82, 2.24) is 9.97 Å². The maximum absolute atomic E-state index is 5.56. The lowest BCUT2D eigenvalue weighted by Gasteiger charge is -2.08. The van der Waals surface area contributed by atoms with Crippen LogP contribution in [0.1, 0.15) is 6.42 Å². The first-order valence-corrected chi connectivity index (χ1v) is 5.54. The summed E-state index contributed by atoms with van der Waals surface area (Å²) in [6.07, 6.45) is 1.03. The van der Waals surface area contributed by atoms with Crippen LogP contribution in [0, 0.1) is 5.92 Å². The molecule has 1 aromatic rings. The van der Waals surface area contributed by atoms with Crippen molar-refractivity contribution in [2.75, 3.05) is 25.6 Å². The van der Waals surface area contributed by atoms with Gasteiger partial charge >= 0.3 is 6.01 Å². The van der Waals surface area contributed by atoms with Crippen molar-refractivity contribution in [3.8, 4) is 6.01 Å². The Hall–Kier alpha value is -0.880. The molecule has 1 unspecified atom stereocenters. The minimum Gasteiger partial charge on any atom is -0.463 e. The summed E-state index contributed by atoms with van der Waals surface area (Å²) in [5.74, 6) is 0.836. The van der Waals surface area contributed by atoms with Crippen LogP contribution in [0.5, 0.6) is 6.01 Å². The Morgan fingerprint density at radius 3 is 3.13 bits per heavy atom. The van der Waals surface area contributed by atoms with Gasteiger partial charge in [0.15, 0.2) is 0 Å². The third-order valence-corrected chi connectivity index (χ3v) is 2.57. The SMILES string of the molecule is Nc1cc(Br)nc(OCC2CCOC2)n1. The molecule has 0 bridgehead atoms. The predicted octanol–water partition coefficient (Wildman–Crippen LogP) is 1.24. The van der Waals surface area contributed by atoms with Gasteiger partial charge in [0.25, 0.3) is 0 Å². The molecule has 15 heavy (non-hydrogen) atoms. The zero-order valence-corrected chi connectivity index (χ0v) is 9.74. The van der Waals surface area contributed by atoms with Gasteiger partial charge < -0.3 is 15.2 Å². The van der Waals surface area contributed by atoms with E-state index in [1.54, 1.807) is 6.07 Å². The quantitative estimate of drug-likeness (QED) is 0.839. The number of ether oxygens (including phenoxy) is 2. The fourth-order valence-corrected chi connectivity index (χ4v) is 1.77. The first-order valence-electron chi connectivity index (χ1n) is 4.74. The average Bonchev–Trinajstić information content (AvgIpc) is 2.65. The third-order valence-electron chi connectivity index (χ3n) is 2.17. The Morgan fingerprint density at radius 1 is 1.60 bits per heavy atom. The number of aromatic nitrogens is 2. The van der Waals surface area contributed by atoms with E-state index in [1.165, 1.54) is 0 Å². The Kier molecular flexibility index (Phi) is 3.37. The smallest absolute Gasteiger partial charge is 0.319 e. The van der Waals surface area contributed by atoms with E-state index in [1.807, 2.05) is 0 Å². The molecular formula is C9H12BrN3O2. The molecule has 0 aromatic carbocycles. The highest BCUT2D eigenvalue weighted by molar-refractivity contribution is 9.10. The molecule has 5 nitrogen and oxygen atoms in total. The summed E-state index contributed by atoms with van der Waals surface area (Å²) in [5, 5.41) is 0. The second kappa shape index (κ2) is 4.76. The van der Waals surface area contributed by atoms with Gasteiger partial charge in [-0.05, 0) is 22.4 Å². The Labute approximate surface area is 96.1 Å². The molecule has 1 atom stereocenters. The summed E-state index contributed by atoms with van der Waals surface area (Å²) < 4.78 is 11.3. The molecule has 1 aliphatic heterocycles. The van der Waals surface area contributed by atoms with Gasteiger partial charge in [-0.1, -0.05) is 0 Å². The first kappa shape index (κ1) is 10.6. The minimum atomic E-state index is 0.314. The van der Waals surface area contributed by atoms with Gasteiger partial charge in [-0.15, -0.1) is 0 Å². The summed E-state index contributed by atoms with van der Waals surface area (Å²) in [6.45, 7) is 2.15. The summed E-state index contributed by atoms with van der Waals surface area (Å²) in [4.78, 5) is 8.03. The van der Waals surface area contributed by atoms with Crippen LogP contribution in [0.3, 0.4) is 0 Å². The van der Waals surface area contributed by atoms with Crippen molar-refractivity contribution in [1.29, 1.82) is 0 Å². The van der Waals surface area contributed by atoms with Gasteiger partial charge in [0, 0.05) is 18.6 Å². The summed E-state index contributed by atoms with van der Waals surface area (Å²) in [5.41, 5.74) is 5.56. The van der Waals surface area contributed by atoms with E-state index in [0.29, 0.717) is 29.0 Å². The van der Waals surface area contributed by atoms with Crippen LogP contribution in [0.4, 0.5) is 5.82 Å². The molecule has 1 aromatic heterocycles. The lowest BCUT2D eigenvalue weighted by molar-refractivity contribution is 0.163. The largest absolute Gasteiger partial charge is 0.463 e. The molecule has 82 valence electrons. The van der Waals surface area contributed by atoms with E-state index < -0.39 is 0 Å². The molecule has 0 amide bonds. The van der Waals surface area contributed by atoms with Gasteiger partial charge in [-0.25, -0.2) is 0 Å². The van der Waals surface area contributed by atoms with Gasteiger partial charge in [-0.2, -0.15) is 9.97 Å². The molecule has 2 N–H and O–H groups in total. The summed E-state index contributed by atoms with van der Waals surface area (Å²) >= 11 is 3.23. The molecule has 0 radical (unpaired) electrons. The highest BCUT2D eigenvalue weighted by Crippen LogP contribution is 2.17. The molecule has 0 saturated carbocycles. The van der Waals surface area contributed by atoms with Crippen molar-refractivity contribution >= 4 is 21.7 Å². The van der Waals surface area contributed by atoms with Crippen molar-refractivity contribution in [3.63, 3.8) is 0 Å². The van der Waals surface area contributed by atoms with Crippen LogP contribution in [-0.4, -0.2) is 29.8 Å². The summed E-state index contributed by atoms with van der Waals surface area (Å²) in [6, 6.07) is 1.94. The molecular weight excluding hydrogens is 262 g/mol. The van der Waals surface area contributed by atoms with E-state index >= 15 is 0 Å². The third kappa shape index (κ3) is 3.04. The maximum atomic E-state index is 5.56. The number of rotatable bonds is 3. The maximum Gasteiger partial charge on any atom is 0.319 e. The highest BCUT2D eigenvalue weighted by Gasteiger charge is 2.16. The number of halogens is 1. The second-order valence-electron chi connectivity index (χ2n) is 3.44. The number of nitrogens with zero attached hydrogens (tertiary/aromatic N) is 2. The number of hydrogen-bond donors (Lipinski definition) is 1. The van der Waals surface area contributed by atoms with Crippen molar-refractivity contribution < 1.29 is 9.47 Å². The molecule has 0 aliphatic carbocycles. The van der Waals surface area contributed by atoms with Crippen LogP contribution < -0.4 is 10.5 Å². The van der Waals surface area contributed by atoms with Gasteiger partial charge in [-0.3, -0.25) is 0 Å². The van der Waals surface area contributed by atoms with Crippen LogP contribution >= 0.6 is 15.9 Å². The van der Waals surface area contributed by atoms with E-state index in [-0.39, 0.29) is 0 Å². The molecule has 2 rings (SSSR count). The van der Waals surface area contributed by atoms with E-state index in [9.17, 15) is 0 Å². The number of nitrogen functional groups attached to an aromatic ring is 1. The topological polar surface area (TPSA) is 70.3 Å². The molecule has 1 fully saturated rings. The molecule has 0 spiro atoms. The lowest BCUT2D eigenvalue weighted by atomic mass is 10.1. The van der Waals surface area contributed by atoms with Crippen molar-refractivity contribution in [3.05, 3.63) is 10.7 Å². The lowest BCUT2D eigenvalue weighted by Crippen LogP contribution is -2.13. The fourth-order valence-electron chi connectivity index (χ4n) is 1.39. The second-order valence-corrected chi connectivity index (χ2v) is 4.25. The number of anilines is 1. The number of hydrogen-bond acceptors (Lipinski definition) is 5. The van der Waals surface area contributed by atoms with Crippen LogP contribution in [-0.2, 0) is 4.74 Å². The summed E-state index contributed by atoms with van der Waals surface area (Å²) in [7, 11) is 0. The fraction of sp³-hybridized carbons (Fsp3) is 0.556. The molecule has 1 saturated heterocycles. The minimum absolute atomic E-state index is 0.314. The van der Waals surface area contributed by atoms with Crippen LogP contribution in [0.15, 0.2) is 10.7 Å². The first-order chi connectivity index (χ1) is 7.24. The van der Waals surface area contributed by atoms with Crippen molar-refractivity contribution in [2.45, 2.75) is 6.42 Å². The Morgan fingerprint density at radius 2 is 2.47 bits per heavy atom.